The number of aryl methyl sites for hydroxylation is 2. The van der Waals surface area contributed by atoms with Gasteiger partial charge in [-0.1, -0.05) is 11.3 Å². The zero-order valence-electron chi connectivity index (χ0n) is 10.1. The summed E-state index contributed by atoms with van der Waals surface area (Å²) in [4.78, 5) is 0. The fourth-order valence-corrected chi connectivity index (χ4v) is 4.16. The molecule has 0 radical (unpaired) electrons. The molecule has 0 aliphatic heterocycles. The Bertz CT molecular complexity index is 708. The van der Waals surface area contributed by atoms with Crippen LogP contribution in [0.3, 0.4) is 0 Å². The SMILES string of the molecule is Cc1ccc(Br)c(NS(=O)(=O)c2c(Br)nnn2C)c1. The van der Waals surface area contributed by atoms with Crippen molar-refractivity contribution in [3.8, 4) is 0 Å². The highest BCUT2D eigenvalue weighted by Gasteiger charge is 2.24. The summed E-state index contributed by atoms with van der Waals surface area (Å²) in [7, 11) is -2.25. The molecule has 1 heterocycles. The molecule has 0 aliphatic rings. The van der Waals surface area contributed by atoms with Gasteiger partial charge < -0.3 is 0 Å². The quantitative estimate of drug-likeness (QED) is 0.844. The van der Waals surface area contributed by atoms with Crippen LogP contribution < -0.4 is 4.72 Å². The molecule has 0 spiro atoms. The number of sulfonamides is 1. The highest BCUT2D eigenvalue weighted by molar-refractivity contribution is 9.10. The van der Waals surface area contributed by atoms with E-state index in [1.807, 2.05) is 13.0 Å². The molecule has 0 unspecified atom stereocenters. The summed E-state index contributed by atoms with van der Waals surface area (Å²) in [5, 5.41) is 7.29. The average molecular weight is 410 g/mol. The van der Waals surface area contributed by atoms with Gasteiger partial charge >= 0.3 is 0 Å². The maximum atomic E-state index is 12.3. The topological polar surface area (TPSA) is 76.9 Å². The maximum Gasteiger partial charge on any atom is 0.281 e. The first-order valence-electron chi connectivity index (χ1n) is 5.15. The Morgan fingerprint density at radius 2 is 2.00 bits per heavy atom. The zero-order chi connectivity index (χ0) is 14.2. The van der Waals surface area contributed by atoms with Gasteiger partial charge in [0, 0.05) is 11.5 Å². The third-order valence-electron chi connectivity index (χ3n) is 2.36. The van der Waals surface area contributed by atoms with Crippen molar-refractivity contribution in [2.75, 3.05) is 4.72 Å². The maximum absolute atomic E-state index is 12.3. The second-order valence-electron chi connectivity index (χ2n) is 3.90. The second-order valence-corrected chi connectivity index (χ2v) is 7.10. The van der Waals surface area contributed by atoms with Crippen LogP contribution in [-0.4, -0.2) is 23.4 Å². The largest absolute Gasteiger partial charge is 0.281 e. The van der Waals surface area contributed by atoms with Gasteiger partial charge in [0.25, 0.3) is 10.0 Å². The molecule has 19 heavy (non-hydrogen) atoms. The molecule has 0 aliphatic carbocycles. The molecule has 0 saturated carbocycles. The number of rotatable bonds is 3. The van der Waals surface area contributed by atoms with Crippen molar-refractivity contribution in [3.05, 3.63) is 32.8 Å². The minimum atomic E-state index is -3.76. The molecule has 9 heteroatoms. The van der Waals surface area contributed by atoms with Gasteiger partial charge in [-0.25, -0.2) is 4.68 Å². The third kappa shape index (κ3) is 2.98. The molecular weight excluding hydrogens is 400 g/mol. The number of nitrogens with zero attached hydrogens (tertiary/aromatic N) is 3. The number of hydrogen-bond acceptors (Lipinski definition) is 4. The Kier molecular flexibility index (Phi) is 3.98. The lowest BCUT2D eigenvalue weighted by atomic mass is 10.2. The van der Waals surface area contributed by atoms with Gasteiger partial charge in [-0.3, -0.25) is 4.72 Å². The fourth-order valence-electron chi connectivity index (χ4n) is 1.52. The number of halogens is 2. The molecule has 1 aromatic carbocycles. The van der Waals surface area contributed by atoms with Crippen LogP contribution in [0.5, 0.6) is 0 Å². The summed E-state index contributed by atoms with van der Waals surface area (Å²) in [6.07, 6.45) is 0. The van der Waals surface area contributed by atoms with Crippen LogP contribution in [0.25, 0.3) is 0 Å². The van der Waals surface area contributed by atoms with E-state index in [9.17, 15) is 8.42 Å². The summed E-state index contributed by atoms with van der Waals surface area (Å²) in [6.45, 7) is 1.88. The van der Waals surface area contributed by atoms with Crippen molar-refractivity contribution in [2.45, 2.75) is 11.9 Å². The van der Waals surface area contributed by atoms with Crippen LogP contribution in [0, 0.1) is 6.92 Å². The van der Waals surface area contributed by atoms with Crippen LogP contribution in [0.1, 0.15) is 5.56 Å². The van der Waals surface area contributed by atoms with E-state index in [1.54, 1.807) is 12.1 Å². The van der Waals surface area contributed by atoms with Crippen LogP contribution in [0.4, 0.5) is 5.69 Å². The van der Waals surface area contributed by atoms with E-state index in [0.717, 1.165) is 5.56 Å². The Balaban J connectivity index is 2.45. The molecule has 0 atom stereocenters. The Morgan fingerprint density at radius 3 is 2.58 bits per heavy atom. The van der Waals surface area contributed by atoms with Gasteiger partial charge in [-0.2, -0.15) is 8.42 Å². The highest BCUT2D eigenvalue weighted by atomic mass is 79.9. The van der Waals surface area contributed by atoms with Gasteiger partial charge in [0.1, 0.15) is 0 Å². The Labute approximate surface area is 127 Å². The van der Waals surface area contributed by atoms with Crippen LogP contribution in [0.2, 0.25) is 0 Å². The van der Waals surface area contributed by atoms with Gasteiger partial charge in [-0.15, -0.1) is 5.10 Å². The van der Waals surface area contributed by atoms with Crippen molar-refractivity contribution >= 4 is 47.6 Å². The lowest BCUT2D eigenvalue weighted by Crippen LogP contribution is -2.17. The fraction of sp³-hybridized carbons (Fsp3) is 0.200. The van der Waals surface area contributed by atoms with Gasteiger partial charge in [0.15, 0.2) is 4.60 Å². The molecule has 0 bridgehead atoms. The zero-order valence-corrected chi connectivity index (χ0v) is 14.0. The molecular formula is C10H10Br2N4O2S. The molecule has 0 amide bonds. The van der Waals surface area contributed by atoms with Crippen LogP contribution in [-0.2, 0) is 17.1 Å². The van der Waals surface area contributed by atoms with Crippen molar-refractivity contribution in [2.24, 2.45) is 7.05 Å². The summed E-state index contributed by atoms with van der Waals surface area (Å²) in [5.41, 5.74) is 1.41. The summed E-state index contributed by atoms with van der Waals surface area (Å²) in [5.74, 6) is 0. The van der Waals surface area contributed by atoms with Crippen molar-refractivity contribution in [3.63, 3.8) is 0 Å². The molecule has 2 rings (SSSR count). The molecule has 6 nitrogen and oxygen atoms in total. The van der Waals surface area contributed by atoms with E-state index in [-0.39, 0.29) is 9.63 Å². The van der Waals surface area contributed by atoms with Crippen LogP contribution >= 0.6 is 31.9 Å². The molecule has 2 aromatic rings. The standard InChI is InChI=1S/C10H10Br2N4O2S/c1-6-3-4-7(11)8(5-6)14-19(17,18)10-9(12)13-15-16(10)2/h3-5,14H,1-2H3. The molecule has 1 N–H and O–H groups in total. The van der Waals surface area contributed by atoms with E-state index in [2.05, 4.69) is 46.9 Å². The van der Waals surface area contributed by atoms with E-state index in [1.165, 1.54) is 11.7 Å². The monoisotopic (exact) mass is 408 g/mol. The molecule has 0 saturated heterocycles. The lowest BCUT2D eigenvalue weighted by molar-refractivity contribution is 0.578. The Morgan fingerprint density at radius 1 is 1.32 bits per heavy atom. The second kappa shape index (κ2) is 5.22. The van der Waals surface area contributed by atoms with Gasteiger partial charge in [0.2, 0.25) is 5.03 Å². The first-order chi connectivity index (χ1) is 8.81. The number of anilines is 1. The molecule has 1 aromatic heterocycles. The third-order valence-corrected chi connectivity index (χ3v) is 5.30. The summed E-state index contributed by atoms with van der Waals surface area (Å²) in [6, 6.07) is 5.40. The minimum Gasteiger partial charge on any atom is -0.277 e. The van der Waals surface area contributed by atoms with Crippen LogP contribution in [0.15, 0.2) is 32.3 Å². The summed E-state index contributed by atoms with van der Waals surface area (Å²) >= 11 is 6.38. The lowest BCUT2D eigenvalue weighted by Gasteiger charge is -2.10. The highest BCUT2D eigenvalue weighted by Crippen LogP contribution is 2.27. The summed E-state index contributed by atoms with van der Waals surface area (Å²) < 4.78 is 29.1. The van der Waals surface area contributed by atoms with Gasteiger partial charge in [-0.05, 0) is 56.5 Å². The number of benzene rings is 1. The average Bonchev–Trinajstić information content (AvgIpc) is 2.64. The van der Waals surface area contributed by atoms with Crippen molar-refractivity contribution < 1.29 is 8.42 Å². The van der Waals surface area contributed by atoms with E-state index < -0.39 is 10.0 Å². The predicted molar refractivity (Wildman–Crippen MR) is 78.4 cm³/mol. The number of aromatic nitrogens is 3. The molecule has 102 valence electrons. The van der Waals surface area contributed by atoms with E-state index >= 15 is 0 Å². The Hall–Kier alpha value is -0.930. The smallest absolute Gasteiger partial charge is 0.277 e. The minimum absolute atomic E-state index is 0.0269. The van der Waals surface area contributed by atoms with Crippen molar-refractivity contribution in [1.29, 1.82) is 0 Å². The normalized spacial score (nSPS) is 11.6. The van der Waals surface area contributed by atoms with Gasteiger partial charge in [0.05, 0.1) is 5.69 Å². The predicted octanol–water partition coefficient (Wildman–Crippen LogP) is 2.45. The first kappa shape index (κ1) is 14.5. The number of hydrogen-bond donors (Lipinski definition) is 1. The van der Waals surface area contributed by atoms with E-state index in [0.29, 0.717) is 10.2 Å². The van der Waals surface area contributed by atoms with E-state index in [4.69, 9.17) is 0 Å². The first-order valence-corrected chi connectivity index (χ1v) is 8.22. The number of nitrogens with one attached hydrogen (secondary N) is 1. The molecule has 0 fully saturated rings. The van der Waals surface area contributed by atoms with Crippen molar-refractivity contribution in [1.82, 2.24) is 15.0 Å².